The number of rotatable bonds is 6. The number of benzene rings is 2. The molecular formula is C21H19N5O3. The highest BCUT2D eigenvalue weighted by Crippen LogP contribution is 2.32. The smallest absolute Gasteiger partial charge is 0.262 e. The average molecular weight is 389 g/mol. The molecule has 5 N–H and O–H groups in total. The molecule has 1 aliphatic heterocycles. The van der Waals surface area contributed by atoms with E-state index in [2.05, 4.69) is 20.9 Å². The molecule has 0 saturated carbocycles. The number of hydrogen-bond acceptors (Lipinski definition) is 6. The van der Waals surface area contributed by atoms with Crippen LogP contribution in [0.3, 0.4) is 0 Å². The van der Waals surface area contributed by atoms with Crippen LogP contribution in [0.2, 0.25) is 0 Å². The van der Waals surface area contributed by atoms with Gasteiger partial charge in [0.25, 0.3) is 11.8 Å². The molecule has 0 fully saturated rings. The zero-order valence-corrected chi connectivity index (χ0v) is 15.4. The number of hydrogen-bond donors (Lipinski definition) is 4. The summed E-state index contributed by atoms with van der Waals surface area (Å²) in [7, 11) is 0. The van der Waals surface area contributed by atoms with Crippen LogP contribution in [-0.4, -0.2) is 23.4 Å². The fourth-order valence-electron chi connectivity index (χ4n) is 2.97. The Labute approximate surface area is 167 Å². The number of amides is 2. The van der Waals surface area contributed by atoms with Crippen molar-refractivity contribution in [1.29, 1.82) is 0 Å². The lowest BCUT2D eigenvalue weighted by Gasteiger charge is -2.19. The normalized spacial score (nSPS) is 12.3. The molecule has 0 spiro atoms. The van der Waals surface area contributed by atoms with Gasteiger partial charge in [-0.05, 0) is 23.8 Å². The average Bonchev–Trinajstić information content (AvgIpc) is 2.72. The molecule has 0 saturated heterocycles. The van der Waals surface area contributed by atoms with E-state index >= 15 is 0 Å². The number of pyridine rings is 1. The van der Waals surface area contributed by atoms with Crippen LogP contribution < -0.4 is 26.4 Å². The van der Waals surface area contributed by atoms with Gasteiger partial charge in [-0.1, -0.05) is 30.3 Å². The number of carbonyl (C=O) groups is 2. The van der Waals surface area contributed by atoms with Gasteiger partial charge in [0.15, 0.2) is 6.61 Å². The van der Waals surface area contributed by atoms with Crippen LogP contribution in [0.5, 0.6) is 5.75 Å². The van der Waals surface area contributed by atoms with Crippen molar-refractivity contribution < 1.29 is 14.3 Å². The van der Waals surface area contributed by atoms with Crippen molar-refractivity contribution >= 4 is 34.7 Å². The zero-order valence-electron chi connectivity index (χ0n) is 15.4. The van der Waals surface area contributed by atoms with Crippen LogP contribution in [0.25, 0.3) is 0 Å². The summed E-state index contributed by atoms with van der Waals surface area (Å²) in [6, 6.07) is 16.9. The van der Waals surface area contributed by atoms with Crippen LogP contribution in [0.4, 0.5) is 22.9 Å². The third-order valence-electron chi connectivity index (χ3n) is 4.38. The van der Waals surface area contributed by atoms with E-state index in [-0.39, 0.29) is 12.5 Å². The minimum absolute atomic E-state index is 0.00630. The predicted octanol–water partition coefficient (Wildman–Crippen LogP) is 2.87. The molecule has 0 atom stereocenters. The lowest BCUT2D eigenvalue weighted by Crippen LogP contribution is -2.25. The standard InChI is InChI=1S/C21H19N5O3/c22-21(28)15-11-24-19(9-16(15)23-10-13-4-2-1-3-5-13)25-14-6-7-18-17(8-14)26-20(27)12-29-18/h1-9,11H,10,12H2,(H2,22,28)(H,26,27)(H2,23,24,25). The van der Waals surface area contributed by atoms with Gasteiger partial charge in [0.1, 0.15) is 11.6 Å². The second-order valence-corrected chi connectivity index (χ2v) is 6.49. The number of aromatic nitrogens is 1. The molecule has 1 aliphatic rings. The molecule has 29 heavy (non-hydrogen) atoms. The van der Waals surface area contributed by atoms with Crippen LogP contribution in [0.15, 0.2) is 60.8 Å². The summed E-state index contributed by atoms with van der Waals surface area (Å²) in [5.74, 6) is 0.366. The Morgan fingerprint density at radius 3 is 2.79 bits per heavy atom. The van der Waals surface area contributed by atoms with E-state index < -0.39 is 5.91 Å². The van der Waals surface area contributed by atoms with Crippen LogP contribution in [-0.2, 0) is 11.3 Å². The summed E-state index contributed by atoms with van der Waals surface area (Å²) >= 11 is 0. The largest absolute Gasteiger partial charge is 0.482 e. The first kappa shape index (κ1) is 18.3. The van der Waals surface area contributed by atoms with E-state index in [1.165, 1.54) is 6.20 Å². The highest BCUT2D eigenvalue weighted by Gasteiger charge is 2.16. The minimum atomic E-state index is -0.562. The summed E-state index contributed by atoms with van der Waals surface area (Å²) in [4.78, 5) is 27.5. The Bertz CT molecular complexity index is 1070. The Hall–Kier alpha value is -4.07. The minimum Gasteiger partial charge on any atom is -0.482 e. The zero-order chi connectivity index (χ0) is 20.2. The van der Waals surface area contributed by atoms with E-state index in [0.717, 1.165) is 5.56 Å². The van der Waals surface area contributed by atoms with E-state index in [1.54, 1.807) is 18.2 Å². The van der Waals surface area contributed by atoms with Crippen LogP contribution in [0, 0.1) is 0 Å². The van der Waals surface area contributed by atoms with Gasteiger partial charge in [-0.2, -0.15) is 0 Å². The number of nitrogens with one attached hydrogen (secondary N) is 3. The van der Waals surface area contributed by atoms with Crippen molar-refractivity contribution in [2.45, 2.75) is 6.54 Å². The number of primary amides is 1. The number of fused-ring (bicyclic) bond motifs is 1. The first-order valence-electron chi connectivity index (χ1n) is 9.00. The molecule has 2 amide bonds. The van der Waals surface area contributed by atoms with Crippen molar-refractivity contribution in [2.75, 3.05) is 22.6 Å². The molecule has 146 valence electrons. The van der Waals surface area contributed by atoms with Crippen LogP contribution >= 0.6 is 0 Å². The lowest BCUT2D eigenvalue weighted by molar-refractivity contribution is -0.118. The van der Waals surface area contributed by atoms with E-state index in [9.17, 15) is 9.59 Å². The van der Waals surface area contributed by atoms with E-state index in [4.69, 9.17) is 10.5 Å². The fraction of sp³-hybridized carbons (Fsp3) is 0.0952. The highest BCUT2D eigenvalue weighted by molar-refractivity contribution is 5.99. The van der Waals surface area contributed by atoms with Gasteiger partial charge in [0, 0.05) is 24.5 Å². The molecule has 0 aliphatic carbocycles. The quantitative estimate of drug-likeness (QED) is 0.515. The Balaban J connectivity index is 1.55. The van der Waals surface area contributed by atoms with Gasteiger partial charge in [0.05, 0.1) is 16.9 Å². The van der Waals surface area contributed by atoms with Crippen LogP contribution in [0.1, 0.15) is 15.9 Å². The molecule has 3 aromatic rings. The fourth-order valence-corrected chi connectivity index (χ4v) is 2.97. The van der Waals surface area contributed by atoms with Crippen molar-refractivity contribution in [2.24, 2.45) is 5.73 Å². The molecule has 0 unspecified atom stereocenters. The maximum atomic E-state index is 11.8. The second-order valence-electron chi connectivity index (χ2n) is 6.49. The van der Waals surface area contributed by atoms with Gasteiger partial charge in [-0.3, -0.25) is 9.59 Å². The molecule has 4 rings (SSSR count). The number of anilines is 4. The maximum absolute atomic E-state index is 11.8. The predicted molar refractivity (Wildman–Crippen MR) is 110 cm³/mol. The number of carbonyl (C=O) groups excluding carboxylic acids is 2. The van der Waals surface area contributed by atoms with Gasteiger partial charge in [0.2, 0.25) is 0 Å². The Morgan fingerprint density at radius 2 is 2.00 bits per heavy atom. The second kappa shape index (κ2) is 7.89. The van der Waals surface area contributed by atoms with E-state index in [0.29, 0.717) is 40.7 Å². The SMILES string of the molecule is NC(=O)c1cnc(Nc2ccc3c(c2)NC(=O)CO3)cc1NCc1ccccc1. The Morgan fingerprint density at radius 1 is 1.17 bits per heavy atom. The number of nitrogens with two attached hydrogens (primary N) is 1. The molecule has 0 radical (unpaired) electrons. The highest BCUT2D eigenvalue weighted by atomic mass is 16.5. The Kier molecular flexibility index (Phi) is 4.98. The lowest BCUT2D eigenvalue weighted by atomic mass is 10.2. The van der Waals surface area contributed by atoms with Crippen molar-refractivity contribution in [1.82, 2.24) is 4.98 Å². The van der Waals surface area contributed by atoms with Gasteiger partial charge in [-0.25, -0.2) is 4.98 Å². The maximum Gasteiger partial charge on any atom is 0.262 e. The van der Waals surface area contributed by atoms with E-state index in [1.807, 2.05) is 36.4 Å². The van der Waals surface area contributed by atoms with Gasteiger partial charge < -0.3 is 26.4 Å². The number of ether oxygens (including phenoxy) is 1. The summed E-state index contributed by atoms with van der Waals surface area (Å²) in [6.07, 6.45) is 1.43. The first-order chi connectivity index (χ1) is 14.1. The molecular weight excluding hydrogens is 370 g/mol. The first-order valence-corrected chi connectivity index (χ1v) is 9.00. The topological polar surface area (TPSA) is 118 Å². The summed E-state index contributed by atoms with van der Waals surface area (Å²) in [5, 5.41) is 9.16. The third-order valence-corrected chi connectivity index (χ3v) is 4.38. The molecule has 2 heterocycles. The molecule has 8 heteroatoms. The summed E-state index contributed by atoms with van der Waals surface area (Å²) < 4.78 is 5.36. The monoisotopic (exact) mass is 389 g/mol. The summed E-state index contributed by atoms with van der Waals surface area (Å²) in [6.45, 7) is 0.541. The molecule has 2 aromatic carbocycles. The van der Waals surface area contributed by atoms with Crippen molar-refractivity contribution in [3.63, 3.8) is 0 Å². The van der Waals surface area contributed by atoms with Gasteiger partial charge in [-0.15, -0.1) is 0 Å². The van der Waals surface area contributed by atoms with Crippen molar-refractivity contribution in [3.05, 3.63) is 71.9 Å². The molecule has 8 nitrogen and oxygen atoms in total. The van der Waals surface area contributed by atoms with Crippen molar-refractivity contribution in [3.8, 4) is 5.75 Å². The summed E-state index contributed by atoms with van der Waals surface area (Å²) in [5.41, 5.74) is 8.73. The number of nitrogens with zero attached hydrogens (tertiary/aromatic N) is 1. The molecule has 0 bridgehead atoms. The van der Waals surface area contributed by atoms with Gasteiger partial charge >= 0.3 is 0 Å². The molecule has 1 aromatic heterocycles. The third kappa shape index (κ3) is 4.27.